The number of benzene rings is 1. The SMILES string of the molecule is Cc1cccc(N2CCN(C(=O)C3CCCN(C4CCN(C(=O)Nc5ccc(C)c(F)c5)CC4)C3)CC2)n1. The fourth-order valence-electron chi connectivity index (χ4n) is 5.97. The molecule has 0 bridgehead atoms. The molecule has 0 radical (unpaired) electrons. The first kappa shape index (κ1) is 26.4. The van der Waals surface area contributed by atoms with Gasteiger partial charge in [0.2, 0.25) is 5.91 Å². The predicted octanol–water partition coefficient (Wildman–Crippen LogP) is 3.89. The van der Waals surface area contributed by atoms with Gasteiger partial charge in [-0.25, -0.2) is 14.2 Å². The lowest BCUT2D eigenvalue weighted by atomic mass is 9.92. The Morgan fingerprint density at radius 3 is 2.39 bits per heavy atom. The van der Waals surface area contributed by atoms with E-state index < -0.39 is 0 Å². The van der Waals surface area contributed by atoms with Gasteiger partial charge in [0.1, 0.15) is 11.6 Å². The average Bonchev–Trinajstić information content (AvgIpc) is 2.95. The highest BCUT2D eigenvalue weighted by Gasteiger charge is 2.35. The molecule has 204 valence electrons. The number of rotatable bonds is 4. The number of hydrogen-bond donors (Lipinski definition) is 1. The van der Waals surface area contributed by atoms with Crippen LogP contribution in [0.2, 0.25) is 0 Å². The van der Waals surface area contributed by atoms with Crippen molar-refractivity contribution in [3.8, 4) is 0 Å². The Labute approximate surface area is 224 Å². The van der Waals surface area contributed by atoms with Crippen molar-refractivity contribution in [3.05, 3.63) is 53.5 Å². The number of aryl methyl sites for hydroxylation is 2. The van der Waals surface area contributed by atoms with Crippen molar-refractivity contribution in [3.63, 3.8) is 0 Å². The van der Waals surface area contributed by atoms with E-state index in [4.69, 9.17) is 0 Å². The van der Waals surface area contributed by atoms with E-state index in [0.29, 0.717) is 30.4 Å². The number of likely N-dealkylation sites (tertiary alicyclic amines) is 2. The molecule has 0 aliphatic carbocycles. The first-order valence-corrected chi connectivity index (χ1v) is 13.9. The number of carbonyl (C=O) groups excluding carboxylic acids is 2. The van der Waals surface area contributed by atoms with Gasteiger partial charge in [-0.15, -0.1) is 0 Å². The smallest absolute Gasteiger partial charge is 0.321 e. The van der Waals surface area contributed by atoms with Crippen molar-refractivity contribution < 1.29 is 14.0 Å². The molecule has 38 heavy (non-hydrogen) atoms. The number of aromatic nitrogens is 1. The lowest BCUT2D eigenvalue weighted by Gasteiger charge is -2.43. The number of urea groups is 1. The van der Waals surface area contributed by atoms with E-state index in [9.17, 15) is 14.0 Å². The molecular weight excluding hydrogens is 483 g/mol. The van der Waals surface area contributed by atoms with Crippen molar-refractivity contribution in [2.24, 2.45) is 5.92 Å². The molecule has 0 saturated carbocycles. The predicted molar refractivity (Wildman–Crippen MR) is 147 cm³/mol. The normalized spacial score (nSPS) is 21.4. The Morgan fingerprint density at radius 1 is 0.921 bits per heavy atom. The highest BCUT2D eigenvalue weighted by molar-refractivity contribution is 5.89. The Hall–Kier alpha value is -3.20. The third kappa shape index (κ3) is 6.09. The van der Waals surface area contributed by atoms with Gasteiger partial charge in [0.25, 0.3) is 0 Å². The van der Waals surface area contributed by atoms with E-state index in [1.807, 2.05) is 34.9 Å². The number of carbonyl (C=O) groups is 2. The maximum Gasteiger partial charge on any atom is 0.321 e. The number of halogens is 1. The molecule has 1 atom stereocenters. The number of hydrogen-bond acceptors (Lipinski definition) is 5. The van der Waals surface area contributed by atoms with Crippen molar-refractivity contribution in [1.82, 2.24) is 19.7 Å². The molecule has 1 aromatic heterocycles. The molecule has 3 saturated heterocycles. The van der Waals surface area contributed by atoms with E-state index in [1.54, 1.807) is 19.1 Å². The summed E-state index contributed by atoms with van der Waals surface area (Å²) in [6.07, 6.45) is 3.75. The molecule has 1 unspecified atom stereocenters. The molecule has 4 heterocycles. The summed E-state index contributed by atoms with van der Waals surface area (Å²) in [5.41, 5.74) is 2.05. The zero-order valence-electron chi connectivity index (χ0n) is 22.5. The van der Waals surface area contributed by atoms with Crippen LogP contribution in [0.4, 0.5) is 20.7 Å². The Balaban J connectivity index is 1.08. The third-order valence-electron chi connectivity index (χ3n) is 8.28. The summed E-state index contributed by atoms with van der Waals surface area (Å²) < 4.78 is 13.8. The van der Waals surface area contributed by atoms with Crippen LogP contribution in [0.15, 0.2) is 36.4 Å². The molecule has 8 nitrogen and oxygen atoms in total. The second-order valence-corrected chi connectivity index (χ2v) is 10.9. The van der Waals surface area contributed by atoms with Gasteiger partial charge in [0.05, 0.1) is 5.92 Å². The fourth-order valence-corrected chi connectivity index (χ4v) is 5.97. The first-order chi connectivity index (χ1) is 18.4. The fraction of sp³-hybridized carbons (Fsp3) is 0.552. The summed E-state index contributed by atoms with van der Waals surface area (Å²) in [6, 6.07) is 11.1. The minimum absolute atomic E-state index is 0.0464. The van der Waals surface area contributed by atoms with Gasteiger partial charge in [-0.3, -0.25) is 9.69 Å². The molecule has 3 aliphatic heterocycles. The van der Waals surface area contributed by atoms with Crippen LogP contribution in [0, 0.1) is 25.6 Å². The molecule has 3 fully saturated rings. The van der Waals surface area contributed by atoms with E-state index in [1.165, 1.54) is 6.07 Å². The van der Waals surface area contributed by atoms with Crippen molar-refractivity contribution in [2.75, 3.05) is 62.6 Å². The highest BCUT2D eigenvalue weighted by atomic mass is 19.1. The standard InChI is InChI=1S/C29H39FN6O2/c1-21-8-9-24(19-26(21)30)32-29(38)35-13-10-25(11-14-35)36-12-4-6-23(20-36)28(37)34-17-15-33(16-18-34)27-7-3-5-22(2)31-27/h3,5,7-9,19,23,25H,4,6,10-18,20H2,1-2H3,(H,32,38). The van der Waals surface area contributed by atoms with Crippen LogP contribution in [0.25, 0.3) is 0 Å². The van der Waals surface area contributed by atoms with E-state index >= 15 is 0 Å². The van der Waals surface area contributed by atoms with E-state index in [-0.39, 0.29) is 23.7 Å². The van der Waals surface area contributed by atoms with Gasteiger partial charge in [-0.1, -0.05) is 12.1 Å². The largest absolute Gasteiger partial charge is 0.353 e. The summed E-state index contributed by atoms with van der Waals surface area (Å²) in [7, 11) is 0. The molecule has 0 spiro atoms. The minimum Gasteiger partial charge on any atom is -0.353 e. The van der Waals surface area contributed by atoms with Gasteiger partial charge >= 0.3 is 6.03 Å². The lowest BCUT2D eigenvalue weighted by Crippen LogP contribution is -2.55. The van der Waals surface area contributed by atoms with Crippen molar-refractivity contribution >= 4 is 23.4 Å². The van der Waals surface area contributed by atoms with Crippen LogP contribution in [-0.4, -0.2) is 90.0 Å². The van der Waals surface area contributed by atoms with Gasteiger partial charge in [0.15, 0.2) is 0 Å². The number of piperazine rings is 1. The van der Waals surface area contributed by atoms with Crippen LogP contribution in [-0.2, 0) is 4.79 Å². The zero-order chi connectivity index (χ0) is 26.6. The molecule has 3 aliphatic rings. The molecule has 5 rings (SSSR count). The molecule has 3 amide bonds. The number of pyridine rings is 1. The van der Waals surface area contributed by atoms with Crippen LogP contribution < -0.4 is 10.2 Å². The van der Waals surface area contributed by atoms with Crippen molar-refractivity contribution in [1.29, 1.82) is 0 Å². The second-order valence-electron chi connectivity index (χ2n) is 10.9. The summed E-state index contributed by atoms with van der Waals surface area (Å²) in [5, 5.41) is 2.82. The Bertz CT molecular complexity index is 1140. The molecule has 1 N–H and O–H groups in total. The summed E-state index contributed by atoms with van der Waals surface area (Å²) in [5.74, 6) is 1.01. The van der Waals surface area contributed by atoms with E-state index in [2.05, 4.69) is 20.1 Å². The number of anilines is 2. The Morgan fingerprint density at radius 2 is 1.68 bits per heavy atom. The molecule has 9 heteroatoms. The monoisotopic (exact) mass is 522 g/mol. The third-order valence-corrected chi connectivity index (χ3v) is 8.28. The zero-order valence-corrected chi connectivity index (χ0v) is 22.5. The molecule has 2 aromatic rings. The number of nitrogens with one attached hydrogen (secondary N) is 1. The van der Waals surface area contributed by atoms with Gasteiger partial charge in [-0.05, 0) is 75.9 Å². The van der Waals surface area contributed by atoms with Crippen LogP contribution >= 0.6 is 0 Å². The first-order valence-electron chi connectivity index (χ1n) is 13.9. The van der Waals surface area contributed by atoms with Crippen LogP contribution in [0.3, 0.4) is 0 Å². The number of piperidine rings is 2. The Kier molecular flexibility index (Phi) is 8.12. The average molecular weight is 523 g/mol. The van der Waals surface area contributed by atoms with Crippen molar-refractivity contribution in [2.45, 2.75) is 45.6 Å². The molecular formula is C29H39FN6O2. The quantitative estimate of drug-likeness (QED) is 0.660. The summed E-state index contributed by atoms with van der Waals surface area (Å²) in [6.45, 7) is 9.95. The van der Waals surface area contributed by atoms with Gasteiger partial charge in [0, 0.05) is 63.2 Å². The summed E-state index contributed by atoms with van der Waals surface area (Å²) in [4.78, 5) is 39.4. The topological polar surface area (TPSA) is 72.0 Å². The molecule has 1 aromatic carbocycles. The minimum atomic E-state index is -0.319. The van der Waals surface area contributed by atoms with E-state index in [0.717, 1.165) is 76.5 Å². The van der Waals surface area contributed by atoms with Gasteiger partial charge in [-0.2, -0.15) is 0 Å². The number of nitrogens with zero attached hydrogens (tertiary/aromatic N) is 5. The van der Waals surface area contributed by atoms with Crippen LogP contribution in [0.5, 0.6) is 0 Å². The van der Waals surface area contributed by atoms with Gasteiger partial charge < -0.3 is 20.0 Å². The highest BCUT2D eigenvalue weighted by Crippen LogP contribution is 2.26. The maximum absolute atomic E-state index is 13.8. The second kappa shape index (κ2) is 11.7. The summed E-state index contributed by atoms with van der Waals surface area (Å²) >= 11 is 0. The maximum atomic E-state index is 13.8. The van der Waals surface area contributed by atoms with Crippen LogP contribution in [0.1, 0.15) is 36.9 Å². The lowest BCUT2D eigenvalue weighted by molar-refractivity contribution is -0.138. The number of amides is 3.